The van der Waals surface area contributed by atoms with Gasteiger partial charge in [-0.3, -0.25) is 37.3 Å². The van der Waals surface area contributed by atoms with Crippen molar-refractivity contribution in [2.45, 2.75) is 446 Å². The van der Waals surface area contributed by atoms with Crippen molar-refractivity contribution in [3.63, 3.8) is 0 Å². The lowest BCUT2D eigenvalue weighted by Crippen LogP contribution is -2.30. The Bertz CT molecular complexity index is 1960. The minimum atomic E-state index is -4.96. The van der Waals surface area contributed by atoms with Crippen molar-refractivity contribution >= 4 is 39.5 Å². The fraction of sp³-hybridized carbons (Fsp3) is 0.951. The standard InChI is InChI=1S/C82H160O17P2/c1-8-10-11-12-13-14-15-16-17-23-26-29-34-42-49-56-63-79(84)92-69-77(98-81(86)65-58-51-44-35-30-27-24-21-19-18-20-22-25-28-33-41-48-55-62-75(7)9-2)71-96-100(88,89)94-67-76(83)68-95-101(90,91)97-72-78(70-93-80(85)64-57-50-43-38-37-40-47-54-61-74(5)6)99-82(87)66-59-52-45-36-31-32-39-46-53-60-73(3)4/h73-78,83H,8-72H2,1-7H3,(H,88,89)(H,90,91)/t75?,76-,77-,78-/m1/s1. The molecule has 0 aliphatic carbocycles. The van der Waals surface area contributed by atoms with Crippen LogP contribution in [-0.2, 0) is 65.4 Å². The Labute approximate surface area is 619 Å². The molecular formula is C82H160O17P2. The van der Waals surface area contributed by atoms with E-state index in [9.17, 15) is 43.2 Å². The molecule has 0 heterocycles. The molecule has 3 unspecified atom stereocenters. The van der Waals surface area contributed by atoms with E-state index < -0.39 is 97.5 Å². The van der Waals surface area contributed by atoms with Gasteiger partial charge in [0.05, 0.1) is 26.4 Å². The summed E-state index contributed by atoms with van der Waals surface area (Å²) in [6.07, 6.45) is 61.1. The third-order valence-electron chi connectivity index (χ3n) is 19.5. The van der Waals surface area contributed by atoms with Gasteiger partial charge < -0.3 is 33.8 Å². The van der Waals surface area contributed by atoms with E-state index in [1.807, 2.05) is 0 Å². The second-order valence-electron chi connectivity index (χ2n) is 30.7. The first-order valence-electron chi connectivity index (χ1n) is 42.4. The van der Waals surface area contributed by atoms with Crippen molar-refractivity contribution in [1.29, 1.82) is 0 Å². The van der Waals surface area contributed by atoms with Gasteiger partial charge in [0.15, 0.2) is 12.2 Å². The van der Waals surface area contributed by atoms with Crippen molar-refractivity contribution in [1.82, 2.24) is 0 Å². The lowest BCUT2D eigenvalue weighted by molar-refractivity contribution is -0.161. The Morgan fingerprint density at radius 3 is 0.752 bits per heavy atom. The monoisotopic (exact) mass is 1480 g/mol. The first-order valence-corrected chi connectivity index (χ1v) is 45.4. The predicted molar refractivity (Wildman–Crippen MR) is 414 cm³/mol. The second-order valence-corrected chi connectivity index (χ2v) is 33.6. The summed E-state index contributed by atoms with van der Waals surface area (Å²) < 4.78 is 68.7. The van der Waals surface area contributed by atoms with Crippen molar-refractivity contribution in [2.24, 2.45) is 17.8 Å². The van der Waals surface area contributed by atoms with Crippen LogP contribution in [0.1, 0.15) is 427 Å². The van der Waals surface area contributed by atoms with Crippen LogP contribution < -0.4 is 0 Å². The smallest absolute Gasteiger partial charge is 0.462 e. The van der Waals surface area contributed by atoms with E-state index in [0.29, 0.717) is 25.7 Å². The van der Waals surface area contributed by atoms with Gasteiger partial charge in [-0.2, -0.15) is 0 Å². The lowest BCUT2D eigenvalue weighted by Gasteiger charge is -2.21. The number of carbonyl (C=O) groups excluding carboxylic acids is 4. The van der Waals surface area contributed by atoms with E-state index in [0.717, 1.165) is 108 Å². The number of hydrogen-bond donors (Lipinski definition) is 3. The predicted octanol–water partition coefficient (Wildman–Crippen LogP) is 24.5. The highest BCUT2D eigenvalue weighted by molar-refractivity contribution is 7.47. The molecule has 6 atom stereocenters. The first-order chi connectivity index (χ1) is 48.8. The molecular weight excluding hydrogens is 1320 g/mol. The molecule has 0 aromatic heterocycles. The molecule has 0 aliphatic heterocycles. The van der Waals surface area contributed by atoms with Gasteiger partial charge in [-0.05, 0) is 43.4 Å². The van der Waals surface area contributed by atoms with E-state index in [2.05, 4.69) is 48.5 Å². The molecule has 101 heavy (non-hydrogen) atoms. The van der Waals surface area contributed by atoms with Gasteiger partial charge in [-0.25, -0.2) is 9.13 Å². The van der Waals surface area contributed by atoms with Gasteiger partial charge in [0.25, 0.3) is 0 Å². The fourth-order valence-electron chi connectivity index (χ4n) is 12.6. The van der Waals surface area contributed by atoms with Gasteiger partial charge in [-0.15, -0.1) is 0 Å². The van der Waals surface area contributed by atoms with Gasteiger partial charge in [-0.1, -0.05) is 376 Å². The summed E-state index contributed by atoms with van der Waals surface area (Å²) in [4.78, 5) is 73.0. The van der Waals surface area contributed by atoms with Gasteiger partial charge in [0.1, 0.15) is 19.3 Å². The van der Waals surface area contributed by atoms with Crippen LogP contribution in [0.2, 0.25) is 0 Å². The molecule has 17 nitrogen and oxygen atoms in total. The van der Waals surface area contributed by atoms with Crippen molar-refractivity contribution < 1.29 is 80.2 Å². The zero-order valence-electron chi connectivity index (χ0n) is 66.4. The molecule has 600 valence electrons. The number of aliphatic hydroxyl groups is 1. The molecule has 19 heteroatoms. The minimum absolute atomic E-state index is 0.105. The number of phosphoric ester groups is 2. The fourth-order valence-corrected chi connectivity index (χ4v) is 14.2. The Hall–Kier alpha value is -1.94. The van der Waals surface area contributed by atoms with Crippen molar-refractivity contribution in [3.8, 4) is 0 Å². The highest BCUT2D eigenvalue weighted by Crippen LogP contribution is 2.45. The molecule has 0 bridgehead atoms. The summed E-state index contributed by atoms with van der Waals surface area (Å²) >= 11 is 0. The molecule has 0 radical (unpaired) electrons. The second kappa shape index (κ2) is 72.3. The lowest BCUT2D eigenvalue weighted by atomic mass is 9.99. The number of unbranched alkanes of at least 4 members (excludes halogenated alkanes) is 47. The molecule has 3 N–H and O–H groups in total. The maximum Gasteiger partial charge on any atom is 0.472 e. The van der Waals surface area contributed by atoms with E-state index in [-0.39, 0.29) is 25.7 Å². The summed E-state index contributed by atoms with van der Waals surface area (Å²) in [5, 5.41) is 10.6. The zero-order chi connectivity index (χ0) is 74.4. The Kier molecular flexibility index (Phi) is 70.9. The van der Waals surface area contributed by atoms with Gasteiger partial charge in [0.2, 0.25) is 0 Å². The van der Waals surface area contributed by atoms with Crippen LogP contribution in [-0.4, -0.2) is 96.7 Å². The van der Waals surface area contributed by atoms with Crippen LogP contribution in [0.4, 0.5) is 0 Å². The molecule has 0 spiro atoms. The molecule has 0 amide bonds. The average molecular weight is 1480 g/mol. The number of esters is 4. The Morgan fingerprint density at radius 2 is 0.505 bits per heavy atom. The number of hydrogen-bond acceptors (Lipinski definition) is 15. The molecule has 0 aromatic rings. The molecule has 0 aliphatic rings. The minimum Gasteiger partial charge on any atom is -0.462 e. The highest BCUT2D eigenvalue weighted by Gasteiger charge is 2.30. The Morgan fingerprint density at radius 1 is 0.287 bits per heavy atom. The summed E-state index contributed by atoms with van der Waals surface area (Å²) in [6, 6.07) is 0. The maximum absolute atomic E-state index is 13.1. The SMILES string of the molecule is CCCCCCCCCCCCCCCCCCC(=O)OC[C@H](COP(=O)(O)OC[C@@H](O)COP(=O)(O)OC[C@@H](COC(=O)CCCCCCCCCCC(C)C)OC(=O)CCCCCCCCCCCC(C)C)OC(=O)CCCCCCCCCCCCCCCCCCCCC(C)CC. The quantitative estimate of drug-likeness (QED) is 0.0222. The molecule has 0 aromatic carbocycles. The highest BCUT2D eigenvalue weighted by atomic mass is 31.2. The molecule has 0 fully saturated rings. The largest absolute Gasteiger partial charge is 0.472 e. The van der Waals surface area contributed by atoms with Crippen LogP contribution in [0.3, 0.4) is 0 Å². The normalized spacial score (nSPS) is 14.2. The average Bonchev–Trinajstić information content (AvgIpc) is 0.922. The van der Waals surface area contributed by atoms with E-state index in [1.54, 1.807) is 0 Å². The zero-order valence-corrected chi connectivity index (χ0v) is 68.2. The summed E-state index contributed by atoms with van der Waals surface area (Å²) in [5.74, 6) is 0.223. The molecule has 0 rings (SSSR count). The van der Waals surface area contributed by atoms with Crippen LogP contribution in [0.15, 0.2) is 0 Å². The summed E-state index contributed by atoms with van der Waals surface area (Å²) in [6.45, 7) is 12.0. The van der Waals surface area contributed by atoms with Crippen LogP contribution in [0, 0.1) is 17.8 Å². The third-order valence-corrected chi connectivity index (χ3v) is 21.4. The number of phosphoric acid groups is 2. The van der Waals surface area contributed by atoms with Gasteiger partial charge >= 0.3 is 39.5 Å². The van der Waals surface area contributed by atoms with Gasteiger partial charge in [0, 0.05) is 25.7 Å². The topological polar surface area (TPSA) is 237 Å². The van der Waals surface area contributed by atoms with E-state index in [4.69, 9.17) is 37.0 Å². The molecule has 0 saturated heterocycles. The van der Waals surface area contributed by atoms with Crippen molar-refractivity contribution in [3.05, 3.63) is 0 Å². The van der Waals surface area contributed by atoms with Crippen LogP contribution in [0.25, 0.3) is 0 Å². The first kappa shape index (κ1) is 99.1. The van der Waals surface area contributed by atoms with E-state index >= 15 is 0 Å². The van der Waals surface area contributed by atoms with Crippen LogP contribution in [0.5, 0.6) is 0 Å². The number of carbonyl (C=O) groups is 4. The van der Waals surface area contributed by atoms with Crippen LogP contribution >= 0.6 is 15.6 Å². The maximum atomic E-state index is 13.1. The summed E-state index contributed by atoms with van der Waals surface area (Å²) in [7, 11) is -9.92. The molecule has 0 saturated carbocycles. The third kappa shape index (κ3) is 74.7. The number of aliphatic hydroxyl groups excluding tert-OH is 1. The van der Waals surface area contributed by atoms with E-state index in [1.165, 1.54) is 238 Å². The number of ether oxygens (including phenoxy) is 4. The number of rotatable bonds is 80. The van der Waals surface area contributed by atoms with Crippen molar-refractivity contribution in [2.75, 3.05) is 39.6 Å². The Balaban J connectivity index is 5.22. The summed E-state index contributed by atoms with van der Waals surface area (Å²) in [5.41, 5.74) is 0.